The van der Waals surface area contributed by atoms with E-state index in [-0.39, 0.29) is 22.0 Å². The minimum absolute atomic E-state index is 0.0692. The molecule has 1 saturated heterocycles. The Balaban J connectivity index is 2.15. The minimum Gasteiger partial charge on any atom is -0.453 e. The largest absolute Gasteiger partial charge is 0.453 e. The number of nitrogens with one attached hydrogen (secondary N) is 1. The van der Waals surface area contributed by atoms with Gasteiger partial charge in [0.1, 0.15) is 0 Å². The van der Waals surface area contributed by atoms with Gasteiger partial charge in [0.2, 0.25) is 10.0 Å². The predicted molar refractivity (Wildman–Crippen MR) is 103 cm³/mol. The fourth-order valence-corrected chi connectivity index (χ4v) is 4.47. The van der Waals surface area contributed by atoms with Crippen LogP contribution in [-0.2, 0) is 24.3 Å². The molecule has 0 saturated carbocycles. The van der Waals surface area contributed by atoms with Crippen molar-refractivity contribution in [3.8, 4) is 0 Å². The van der Waals surface area contributed by atoms with Gasteiger partial charge in [-0.15, -0.1) is 0 Å². The Morgan fingerprint density at radius 3 is 2.56 bits per heavy atom. The Morgan fingerprint density at radius 1 is 1.26 bits per heavy atom. The number of ether oxygens (including phenoxy) is 1. The van der Waals surface area contributed by atoms with Gasteiger partial charge in [0.15, 0.2) is 6.10 Å². The van der Waals surface area contributed by atoms with Gasteiger partial charge in [-0.05, 0) is 44.4 Å². The smallest absolute Gasteiger partial charge is 0.306 e. The van der Waals surface area contributed by atoms with Crippen molar-refractivity contribution in [2.24, 2.45) is 0 Å². The molecular weight excluding hydrogens is 392 g/mol. The average molecular weight is 417 g/mol. The fraction of sp³-hybridized carbons (Fsp3) is 0.556. The van der Waals surface area contributed by atoms with Gasteiger partial charge in [0.05, 0.1) is 15.6 Å². The van der Waals surface area contributed by atoms with Gasteiger partial charge >= 0.3 is 5.97 Å². The molecule has 1 aromatic rings. The molecule has 1 unspecified atom stereocenters. The second-order valence-electron chi connectivity index (χ2n) is 6.48. The van der Waals surface area contributed by atoms with Gasteiger partial charge in [-0.2, -0.15) is 4.31 Å². The monoisotopic (exact) mass is 416 g/mol. The number of anilines is 1. The molecule has 9 heteroatoms. The third-order valence-corrected chi connectivity index (χ3v) is 6.50. The number of esters is 1. The molecule has 2 rings (SSSR count). The van der Waals surface area contributed by atoms with Crippen LogP contribution in [0.25, 0.3) is 0 Å². The second-order valence-corrected chi connectivity index (χ2v) is 8.82. The van der Waals surface area contributed by atoms with Crippen molar-refractivity contribution >= 4 is 39.2 Å². The maximum absolute atomic E-state index is 12.8. The molecule has 0 bridgehead atoms. The van der Waals surface area contributed by atoms with Crippen LogP contribution in [0.5, 0.6) is 0 Å². The van der Waals surface area contributed by atoms with E-state index >= 15 is 0 Å². The van der Waals surface area contributed by atoms with Crippen LogP contribution >= 0.6 is 11.6 Å². The third-order valence-electron chi connectivity index (χ3n) is 4.28. The number of hydrogen-bond acceptors (Lipinski definition) is 5. The van der Waals surface area contributed by atoms with Gasteiger partial charge < -0.3 is 10.1 Å². The summed E-state index contributed by atoms with van der Waals surface area (Å²) in [4.78, 5) is 23.9. The van der Waals surface area contributed by atoms with E-state index in [2.05, 4.69) is 5.32 Å². The lowest BCUT2D eigenvalue weighted by Crippen LogP contribution is -2.35. The Labute approximate surface area is 165 Å². The number of hydrogen-bond donors (Lipinski definition) is 1. The zero-order valence-electron chi connectivity index (χ0n) is 15.5. The number of piperidine rings is 1. The summed E-state index contributed by atoms with van der Waals surface area (Å²) < 4.78 is 32.1. The Kier molecular flexibility index (Phi) is 7.64. The molecular formula is C18H25ClN2O5S. The normalized spacial score (nSPS) is 16.6. The van der Waals surface area contributed by atoms with Crippen molar-refractivity contribution in [1.29, 1.82) is 0 Å². The summed E-state index contributed by atoms with van der Waals surface area (Å²) in [6.07, 6.45) is 2.51. The first-order valence-electron chi connectivity index (χ1n) is 9.05. The summed E-state index contributed by atoms with van der Waals surface area (Å²) in [5, 5.41) is 2.74. The number of sulfonamides is 1. The van der Waals surface area contributed by atoms with Crippen LogP contribution in [0.2, 0.25) is 5.02 Å². The van der Waals surface area contributed by atoms with E-state index in [1.165, 1.54) is 29.4 Å². The maximum Gasteiger partial charge on any atom is 0.306 e. The van der Waals surface area contributed by atoms with Gasteiger partial charge in [0.25, 0.3) is 5.91 Å². The summed E-state index contributed by atoms with van der Waals surface area (Å²) in [5.74, 6) is -1.04. The Morgan fingerprint density at radius 2 is 1.93 bits per heavy atom. The molecule has 0 aromatic heterocycles. The number of amides is 1. The van der Waals surface area contributed by atoms with E-state index in [1.54, 1.807) is 0 Å². The minimum atomic E-state index is -3.65. The summed E-state index contributed by atoms with van der Waals surface area (Å²) >= 11 is 6.11. The Bertz CT molecular complexity index is 791. The van der Waals surface area contributed by atoms with E-state index in [0.717, 1.165) is 19.3 Å². The van der Waals surface area contributed by atoms with E-state index in [1.807, 2.05) is 6.92 Å². The fourth-order valence-electron chi connectivity index (χ4n) is 2.76. The van der Waals surface area contributed by atoms with E-state index in [4.69, 9.17) is 16.3 Å². The zero-order chi connectivity index (χ0) is 20.0. The first kappa shape index (κ1) is 21.7. The molecule has 1 aromatic carbocycles. The van der Waals surface area contributed by atoms with Crippen LogP contribution in [-0.4, -0.2) is 43.8 Å². The van der Waals surface area contributed by atoms with Crippen LogP contribution in [0.4, 0.5) is 5.69 Å². The Hall–Kier alpha value is -1.64. The van der Waals surface area contributed by atoms with E-state index in [9.17, 15) is 18.0 Å². The lowest BCUT2D eigenvalue weighted by atomic mass is 10.2. The molecule has 1 aliphatic heterocycles. The standard InChI is InChI=1S/C18H25ClN2O5S/c1-3-7-17(22)26-13(2)18(23)20-16-12-14(8-9-15(16)19)27(24,25)21-10-5-4-6-11-21/h8-9,12-13H,3-7,10-11H2,1-2H3,(H,20,23). The summed E-state index contributed by atoms with van der Waals surface area (Å²) in [7, 11) is -3.65. The molecule has 150 valence electrons. The molecule has 0 radical (unpaired) electrons. The highest BCUT2D eigenvalue weighted by Gasteiger charge is 2.27. The van der Waals surface area contributed by atoms with Crippen molar-refractivity contribution in [2.75, 3.05) is 18.4 Å². The molecule has 1 amide bonds. The molecule has 1 N–H and O–H groups in total. The molecule has 0 aliphatic carbocycles. The summed E-state index contributed by atoms with van der Waals surface area (Å²) in [5.41, 5.74) is 0.165. The van der Waals surface area contributed by atoms with Crippen LogP contribution in [0.1, 0.15) is 46.0 Å². The molecule has 1 heterocycles. The SMILES string of the molecule is CCCC(=O)OC(C)C(=O)Nc1cc(S(=O)(=O)N2CCCCC2)ccc1Cl. The summed E-state index contributed by atoms with van der Waals surface area (Å²) in [6.45, 7) is 4.25. The van der Waals surface area contributed by atoms with Crippen molar-refractivity contribution in [2.45, 2.75) is 57.0 Å². The summed E-state index contributed by atoms with van der Waals surface area (Å²) in [6, 6.07) is 4.19. The number of carbonyl (C=O) groups excluding carboxylic acids is 2. The lowest BCUT2D eigenvalue weighted by molar-refractivity contribution is -0.153. The first-order valence-corrected chi connectivity index (χ1v) is 10.9. The highest BCUT2D eigenvalue weighted by atomic mass is 35.5. The van der Waals surface area contributed by atoms with Crippen LogP contribution < -0.4 is 5.32 Å². The average Bonchev–Trinajstić information content (AvgIpc) is 2.64. The van der Waals surface area contributed by atoms with Crippen molar-refractivity contribution in [3.05, 3.63) is 23.2 Å². The molecule has 0 spiro atoms. The quantitative estimate of drug-likeness (QED) is 0.689. The van der Waals surface area contributed by atoms with Gasteiger partial charge in [-0.1, -0.05) is 24.9 Å². The van der Waals surface area contributed by atoms with Crippen molar-refractivity contribution in [3.63, 3.8) is 0 Å². The van der Waals surface area contributed by atoms with E-state index in [0.29, 0.717) is 19.5 Å². The number of carbonyl (C=O) groups is 2. The number of nitrogens with zero attached hydrogens (tertiary/aromatic N) is 1. The second kappa shape index (κ2) is 9.52. The van der Waals surface area contributed by atoms with E-state index < -0.39 is 28.0 Å². The van der Waals surface area contributed by atoms with Gasteiger partial charge in [-0.25, -0.2) is 8.42 Å². The van der Waals surface area contributed by atoms with Gasteiger partial charge in [0, 0.05) is 19.5 Å². The lowest BCUT2D eigenvalue weighted by Gasteiger charge is -2.26. The zero-order valence-corrected chi connectivity index (χ0v) is 17.1. The highest BCUT2D eigenvalue weighted by molar-refractivity contribution is 7.89. The maximum atomic E-state index is 12.8. The van der Waals surface area contributed by atoms with Crippen LogP contribution in [0, 0.1) is 0 Å². The topological polar surface area (TPSA) is 92.8 Å². The molecule has 27 heavy (non-hydrogen) atoms. The number of halogens is 1. The molecule has 1 fully saturated rings. The van der Waals surface area contributed by atoms with Crippen molar-refractivity contribution in [1.82, 2.24) is 4.31 Å². The molecule has 7 nitrogen and oxygen atoms in total. The van der Waals surface area contributed by atoms with Crippen molar-refractivity contribution < 1.29 is 22.7 Å². The van der Waals surface area contributed by atoms with Crippen LogP contribution in [0.3, 0.4) is 0 Å². The number of benzene rings is 1. The number of rotatable bonds is 7. The molecule has 1 aliphatic rings. The van der Waals surface area contributed by atoms with Crippen LogP contribution in [0.15, 0.2) is 23.1 Å². The first-order chi connectivity index (χ1) is 12.8. The molecule has 1 atom stereocenters. The predicted octanol–water partition coefficient (Wildman–Crippen LogP) is 3.18. The van der Waals surface area contributed by atoms with Gasteiger partial charge in [-0.3, -0.25) is 9.59 Å². The third kappa shape index (κ3) is 5.67. The highest BCUT2D eigenvalue weighted by Crippen LogP contribution is 2.28.